The maximum absolute atomic E-state index is 13.8. The van der Waals surface area contributed by atoms with Gasteiger partial charge in [-0.3, -0.25) is 19.1 Å². The Morgan fingerprint density at radius 2 is 1.15 bits per heavy atom. The summed E-state index contributed by atoms with van der Waals surface area (Å²) in [4.78, 5) is 72.9. The zero-order valence-electron chi connectivity index (χ0n) is 41.5. The van der Waals surface area contributed by atoms with E-state index in [9.17, 15) is 24.3 Å². The first-order valence-electron chi connectivity index (χ1n) is 25.1. The van der Waals surface area contributed by atoms with Crippen molar-refractivity contribution in [1.29, 1.82) is 0 Å². The van der Waals surface area contributed by atoms with Gasteiger partial charge in [0.1, 0.15) is 23.7 Å². The lowest BCUT2D eigenvalue weighted by Gasteiger charge is -2.33. The molecule has 0 spiro atoms. The molecule has 71 heavy (non-hydrogen) atoms. The standard InChI is InChI=1S/C54H65N11O6/c1-32(2)45(59-53(68)71-6)51(66)63-28-10-14-43(63)47-55-30-41(57-47)36-16-20-38(21-17-36)49-60-61-50(65(49)40-26-24-35(25-27-40)34-12-8-7-9-13-34)39-22-18-37(19-23-39)42-31-56-48(58-42)44-15-11-29-64(44)52(67)46(33(3)4)62(5)54(69)70/h16-27,30-34,43-46H,7-15,28-29H2,1-6H3,(H,55,57)(H,56,58)(H,59,68)(H,69,70)/t43-,44-,45-,46-/m0/s1. The number of ether oxygens (including phenoxy) is 1. The number of aromatic nitrogens is 7. The van der Waals surface area contributed by atoms with Crippen molar-refractivity contribution in [3.63, 3.8) is 0 Å². The second-order valence-electron chi connectivity index (χ2n) is 19.9. The second-order valence-corrected chi connectivity index (χ2v) is 19.9. The summed E-state index contributed by atoms with van der Waals surface area (Å²) in [5.41, 5.74) is 7.33. The Labute approximate surface area is 414 Å². The Kier molecular flexibility index (Phi) is 14.4. The van der Waals surface area contributed by atoms with Crippen LogP contribution in [0.25, 0.3) is 51.0 Å². The van der Waals surface area contributed by atoms with Gasteiger partial charge in [-0.15, -0.1) is 10.2 Å². The molecule has 4 atom stereocenters. The monoisotopic (exact) mass is 964 g/mol. The van der Waals surface area contributed by atoms with Gasteiger partial charge < -0.3 is 34.9 Å². The van der Waals surface area contributed by atoms with Crippen molar-refractivity contribution in [2.75, 3.05) is 27.2 Å². The predicted octanol–water partition coefficient (Wildman–Crippen LogP) is 9.77. The maximum Gasteiger partial charge on any atom is 0.407 e. The summed E-state index contributed by atoms with van der Waals surface area (Å²) in [5, 5.41) is 22.1. The Morgan fingerprint density at radius 3 is 1.62 bits per heavy atom. The van der Waals surface area contributed by atoms with E-state index < -0.39 is 24.3 Å². The molecule has 5 heterocycles. The van der Waals surface area contributed by atoms with E-state index in [1.807, 2.05) is 93.5 Å². The van der Waals surface area contributed by atoms with E-state index in [-0.39, 0.29) is 35.7 Å². The highest BCUT2D eigenvalue weighted by Gasteiger charge is 2.40. The first-order chi connectivity index (χ1) is 34.3. The molecule has 0 radical (unpaired) electrons. The van der Waals surface area contributed by atoms with Gasteiger partial charge in [-0.05, 0) is 74.0 Å². The van der Waals surface area contributed by atoms with Gasteiger partial charge in [-0.1, -0.05) is 108 Å². The van der Waals surface area contributed by atoms with E-state index in [4.69, 9.17) is 24.9 Å². The minimum Gasteiger partial charge on any atom is -0.465 e. The molecule has 6 aromatic rings. The van der Waals surface area contributed by atoms with Crippen LogP contribution < -0.4 is 5.32 Å². The molecule has 372 valence electrons. The molecule has 1 aliphatic carbocycles. The Bertz CT molecular complexity index is 2830. The van der Waals surface area contributed by atoms with Crippen molar-refractivity contribution in [3.05, 3.63) is 102 Å². The molecule has 2 saturated heterocycles. The molecule has 3 aromatic carbocycles. The third-order valence-electron chi connectivity index (χ3n) is 14.7. The van der Waals surface area contributed by atoms with Gasteiger partial charge >= 0.3 is 12.2 Å². The van der Waals surface area contributed by atoms with Crippen LogP contribution in [0.5, 0.6) is 0 Å². The van der Waals surface area contributed by atoms with E-state index >= 15 is 0 Å². The van der Waals surface area contributed by atoms with E-state index in [0.717, 1.165) is 69.9 Å². The number of alkyl carbamates (subject to hydrolysis) is 1. The van der Waals surface area contributed by atoms with Crippen molar-refractivity contribution in [3.8, 4) is 51.0 Å². The number of imidazole rings is 2. The minimum absolute atomic E-state index is 0.129. The first-order valence-corrected chi connectivity index (χ1v) is 25.1. The molecule has 3 aromatic heterocycles. The van der Waals surface area contributed by atoms with Gasteiger partial charge in [-0.2, -0.15) is 0 Å². The first kappa shape index (κ1) is 48.7. The lowest BCUT2D eigenvalue weighted by molar-refractivity contribution is -0.138. The lowest BCUT2D eigenvalue weighted by Crippen LogP contribution is -2.51. The molecule has 17 nitrogen and oxygen atoms in total. The van der Waals surface area contributed by atoms with Crippen molar-refractivity contribution >= 4 is 24.0 Å². The number of likely N-dealkylation sites (tertiary alicyclic amines) is 2. The summed E-state index contributed by atoms with van der Waals surface area (Å²) in [6, 6.07) is 23.0. The summed E-state index contributed by atoms with van der Waals surface area (Å²) < 4.78 is 6.91. The number of carboxylic acid groups (broad SMARTS) is 1. The van der Waals surface area contributed by atoms with Crippen LogP contribution in [-0.4, -0.2) is 118 Å². The normalized spacial score (nSPS) is 18.3. The summed E-state index contributed by atoms with van der Waals surface area (Å²) in [6.07, 6.45) is 11.3. The molecular weight excluding hydrogens is 899 g/mol. The van der Waals surface area contributed by atoms with Crippen LogP contribution in [-0.2, 0) is 14.3 Å². The van der Waals surface area contributed by atoms with Gasteiger partial charge in [0, 0.05) is 60.5 Å². The topological polar surface area (TPSA) is 208 Å². The number of likely N-dealkylation sites (N-methyl/N-ethyl adjacent to an activating group) is 1. The summed E-state index contributed by atoms with van der Waals surface area (Å²) in [6.45, 7) is 8.65. The summed E-state index contributed by atoms with van der Waals surface area (Å²) in [7, 11) is 2.74. The number of aromatic amines is 2. The van der Waals surface area contributed by atoms with Crippen LogP contribution >= 0.6 is 0 Å². The highest BCUT2D eigenvalue weighted by molar-refractivity contribution is 5.87. The molecular formula is C54H65N11O6. The molecule has 4 amide bonds. The van der Waals surface area contributed by atoms with Crippen LogP contribution in [0, 0.1) is 11.8 Å². The third-order valence-corrected chi connectivity index (χ3v) is 14.7. The maximum atomic E-state index is 13.8. The van der Waals surface area contributed by atoms with Crippen LogP contribution in [0.2, 0.25) is 0 Å². The SMILES string of the molecule is COC(=O)N[C@H](C(=O)N1CCC[C@H]1c1nc(-c2ccc(-c3nnc(-c4ccc(-c5c[nH]c([C@@H]6CCCN6C(=O)[C@H](C(C)C)N(C)C(=O)O)n5)cc4)n3-c3ccc(C4CCCCC4)cc3)cc2)c[nH]1)C(C)C. The largest absolute Gasteiger partial charge is 0.465 e. The smallest absolute Gasteiger partial charge is 0.407 e. The van der Waals surface area contributed by atoms with Gasteiger partial charge in [-0.25, -0.2) is 19.6 Å². The molecule has 4 N–H and O–H groups in total. The number of nitrogens with one attached hydrogen (secondary N) is 3. The zero-order valence-corrected chi connectivity index (χ0v) is 41.5. The number of amides is 4. The van der Waals surface area contributed by atoms with Gasteiger partial charge in [0.2, 0.25) is 11.8 Å². The molecule has 3 fully saturated rings. The highest BCUT2D eigenvalue weighted by Crippen LogP contribution is 2.38. The minimum atomic E-state index is -1.13. The number of H-pyrrole nitrogens is 2. The van der Waals surface area contributed by atoms with Gasteiger partial charge in [0.15, 0.2) is 11.6 Å². The van der Waals surface area contributed by atoms with E-state index in [1.165, 1.54) is 51.8 Å². The van der Waals surface area contributed by atoms with Crippen LogP contribution in [0.15, 0.2) is 85.2 Å². The Morgan fingerprint density at radius 1 is 0.662 bits per heavy atom. The molecule has 9 rings (SSSR count). The predicted molar refractivity (Wildman–Crippen MR) is 269 cm³/mol. The highest BCUT2D eigenvalue weighted by atomic mass is 16.5. The summed E-state index contributed by atoms with van der Waals surface area (Å²) >= 11 is 0. The fourth-order valence-electron chi connectivity index (χ4n) is 10.8. The Balaban J connectivity index is 0.971. The van der Waals surface area contributed by atoms with Crippen LogP contribution in [0.3, 0.4) is 0 Å². The molecule has 1 saturated carbocycles. The fraction of sp³-hybridized carbons (Fsp3) is 0.444. The van der Waals surface area contributed by atoms with Crippen LogP contribution in [0.4, 0.5) is 9.59 Å². The van der Waals surface area contributed by atoms with Crippen molar-refractivity contribution < 1.29 is 29.0 Å². The Hall–Kier alpha value is -7.30. The quantitative estimate of drug-likeness (QED) is 0.0813. The van der Waals surface area contributed by atoms with E-state index in [2.05, 4.69) is 44.1 Å². The molecule has 0 unspecified atom stereocenters. The van der Waals surface area contributed by atoms with E-state index in [0.29, 0.717) is 42.3 Å². The average molecular weight is 964 g/mol. The average Bonchev–Trinajstić information content (AvgIpc) is 4.25. The fourth-order valence-corrected chi connectivity index (χ4v) is 10.8. The number of methoxy groups -OCH3 is 1. The number of hydrogen-bond acceptors (Lipinski definition) is 9. The lowest BCUT2D eigenvalue weighted by atomic mass is 9.84. The third kappa shape index (κ3) is 10.0. The molecule has 17 heteroatoms. The molecule has 3 aliphatic rings. The van der Waals surface area contributed by atoms with Crippen molar-refractivity contribution in [2.24, 2.45) is 11.8 Å². The van der Waals surface area contributed by atoms with Crippen molar-refractivity contribution in [2.45, 2.75) is 116 Å². The van der Waals surface area contributed by atoms with Crippen LogP contribution in [0.1, 0.15) is 121 Å². The number of hydrogen-bond donors (Lipinski definition) is 4. The molecule has 0 bridgehead atoms. The molecule has 2 aliphatic heterocycles. The summed E-state index contributed by atoms with van der Waals surface area (Å²) in [5.74, 6) is 2.62. The number of benzene rings is 3. The number of carbonyl (C=O) groups excluding carboxylic acids is 3. The van der Waals surface area contributed by atoms with Crippen molar-refractivity contribution in [1.82, 2.24) is 54.7 Å². The number of nitrogens with zero attached hydrogens (tertiary/aromatic N) is 8. The van der Waals surface area contributed by atoms with E-state index in [1.54, 1.807) is 4.90 Å². The van der Waals surface area contributed by atoms with Gasteiger partial charge in [0.05, 0.1) is 30.6 Å². The van der Waals surface area contributed by atoms with Gasteiger partial charge in [0.25, 0.3) is 0 Å². The number of carbonyl (C=O) groups is 4. The second kappa shape index (κ2) is 21.0. The zero-order chi connectivity index (χ0) is 49.9. The number of rotatable bonds is 14.